The van der Waals surface area contributed by atoms with E-state index < -0.39 is 0 Å². The number of carbonyl (C=O) groups excluding carboxylic acids is 1. The molecule has 88 valence electrons. The highest BCUT2D eigenvalue weighted by Gasteiger charge is 2.07. The van der Waals surface area contributed by atoms with Crippen LogP contribution in [0.3, 0.4) is 0 Å². The van der Waals surface area contributed by atoms with Crippen LogP contribution in [0.15, 0.2) is 39.3 Å². The van der Waals surface area contributed by atoms with Gasteiger partial charge in [0.2, 0.25) is 0 Å². The molecule has 0 atom stereocenters. The molecule has 1 N–H and O–H groups in total. The van der Waals surface area contributed by atoms with E-state index in [1.165, 1.54) is 0 Å². The maximum absolute atomic E-state index is 11.8. The molecule has 4 nitrogen and oxygen atoms in total. The maximum atomic E-state index is 11.8. The second kappa shape index (κ2) is 5.14. The van der Waals surface area contributed by atoms with Gasteiger partial charge >= 0.3 is 0 Å². The van der Waals surface area contributed by atoms with Crippen molar-refractivity contribution in [3.05, 3.63) is 51.8 Å². The van der Waals surface area contributed by atoms with Crippen molar-refractivity contribution in [2.45, 2.75) is 13.5 Å². The monoisotopic (exact) mass is 294 g/mol. The first-order valence-corrected chi connectivity index (χ1v) is 5.90. The van der Waals surface area contributed by atoms with E-state index in [2.05, 4.69) is 26.4 Å². The Morgan fingerprint density at radius 3 is 2.94 bits per heavy atom. The molecule has 0 bridgehead atoms. The number of aryl methyl sites for hydroxylation is 1. The van der Waals surface area contributed by atoms with Crippen molar-refractivity contribution < 1.29 is 9.32 Å². The van der Waals surface area contributed by atoms with E-state index in [0.29, 0.717) is 17.8 Å². The summed E-state index contributed by atoms with van der Waals surface area (Å²) < 4.78 is 5.79. The van der Waals surface area contributed by atoms with Gasteiger partial charge in [-0.05, 0) is 25.1 Å². The van der Waals surface area contributed by atoms with Gasteiger partial charge in [0.25, 0.3) is 5.91 Å². The number of benzene rings is 1. The number of rotatable bonds is 3. The summed E-state index contributed by atoms with van der Waals surface area (Å²) in [6.45, 7) is 2.18. The van der Waals surface area contributed by atoms with E-state index in [1.54, 1.807) is 18.2 Å². The number of halogens is 1. The molecule has 2 rings (SSSR count). The molecule has 5 heteroatoms. The molecular formula is C12H11BrN2O2. The van der Waals surface area contributed by atoms with Gasteiger partial charge in [-0.1, -0.05) is 27.2 Å². The summed E-state index contributed by atoms with van der Waals surface area (Å²) in [5.41, 5.74) is 1.32. The van der Waals surface area contributed by atoms with E-state index >= 15 is 0 Å². The summed E-state index contributed by atoms with van der Waals surface area (Å²) in [5, 5.41) is 6.57. The molecule has 1 amide bonds. The first kappa shape index (κ1) is 11.9. The molecule has 0 unspecified atom stereocenters. The molecule has 2 aromatic rings. The first-order chi connectivity index (χ1) is 8.15. The Morgan fingerprint density at radius 1 is 1.47 bits per heavy atom. The molecule has 0 aliphatic rings. The average molecular weight is 295 g/mol. The van der Waals surface area contributed by atoms with Gasteiger partial charge in [-0.3, -0.25) is 4.79 Å². The second-order valence-electron chi connectivity index (χ2n) is 3.62. The van der Waals surface area contributed by atoms with Gasteiger partial charge in [0.1, 0.15) is 11.5 Å². The van der Waals surface area contributed by atoms with Crippen molar-refractivity contribution >= 4 is 21.8 Å². The summed E-state index contributed by atoms with van der Waals surface area (Å²) in [4.78, 5) is 11.8. The smallest absolute Gasteiger partial charge is 0.251 e. The first-order valence-electron chi connectivity index (χ1n) is 5.11. The predicted octanol–water partition coefficient (Wildman–Crippen LogP) is 2.68. The molecule has 0 aliphatic carbocycles. The van der Waals surface area contributed by atoms with E-state index in [1.807, 2.05) is 19.1 Å². The fourth-order valence-electron chi connectivity index (χ4n) is 1.40. The second-order valence-corrected chi connectivity index (χ2v) is 4.54. The minimum Gasteiger partial charge on any atom is -0.361 e. The van der Waals surface area contributed by atoms with Crippen molar-refractivity contribution in [3.63, 3.8) is 0 Å². The number of hydrogen-bond donors (Lipinski definition) is 1. The van der Waals surface area contributed by atoms with E-state index in [-0.39, 0.29) is 5.91 Å². The maximum Gasteiger partial charge on any atom is 0.251 e. The number of nitrogens with one attached hydrogen (secondary N) is 1. The Balaban J connectivity index is 1.98. The van der Waals surface area contributed by atoms with Gasteiger partial charge in [-0.15, -0.1) is 0 Å². The molecule has 0 spiro atoms. The highest BCUT2D eigenvalue weighted by atomic mass is 79.9. The van der Waals surface area contributed by atoms with Gasteiger partial charge < -0.3 is 9.84 Å². The van der Waals surface area contributed by atoms with Gasteiger partial charge in [-0.2, -0.15) is 0 Å². The van der Waals surface area contributed by atoms with Crippen LogP contribution in [-0.2, 0) is 6.54 Å². The molecule has 1 aromatic carbocycles. The Labute approximate surface area is 107 Å². The van der Waals surface area contributed by atoms with Crippen molar-refractivity contribution in [3.8, 4) is 0 Å². The number of amides is 1. The fourth-order valence-corrected chi connectivity index (χ4v) is 1.80. The lowest BCUT2D eigenvalue weighted by atomic mass is 10.2. The van der Waals surface area contributed by atoms with Crippen molar-refractivity contribution in [2.24, 2.45) is 0 Å². The summed E-state index contributed by atoms with van der Waals surface area (Å²) in [6, 6.07) is 9.01. The van der Waals surface area contributed by atoms with Crippen molar-refractivity contribution in [1.82, 2.24) is 10.5 Å². The number of carbonyl (C=O) groups is 1. The van der Waals surface area contributed by atoms with Gasteiger partial charge in [-0.25, -0.2) is 0 Å². The summed E-state index contributed by atoms with van der Waals surface area (Å²) in [7, 11) is 0. The zero-order valence-corrected chi connectivity index (χ0v) is 10.8. The third-order valence-electron chi connectivity index (χ3n) is 2.19. The van der Waals surface area contributed by atoms with E-state index in [4.69, 9.17) is 4.52 Å². The van der Waals surface area contributed by atoms with Crippen LogP contribution in [-0.4, -0.2) is 11.1 Å². The SMILES string of the molecule is Cc1cc(CNC(=O)c2cccc(Br)c2)no1. The Morgan fingerprint density at radius 2 is 2.29 bits per heavy atom. The van der Waals surface area contributed by atoms with Crippen LogP contribution in [0.25, 0.3) is 0 Å². The zero-order chi connectivity index (χ0) is 12.3. The largest absolute Gasteiger partial charge is 0.361 e. The number of aromatic nitrogens is 1. The lowest BCUT2D eigenvalue weighted by Gasteiger charge is -2.03. The van der Waals surface area contributed by atoms with Gasteiger partial charge in [0.15, 0.2) is 0 Å². The highest BCUT2D eigenvalue weighted by Crippen LogP contribution is 2.11. The van der Waals surface area contributed by atoms with Crippen LogP contribution in [0.2, 0.25) is 0 Å². The minimum atomic E-state index is -0.132. The average Bonchev–Trinajstić information content (AvgIpc) is 2.72. The zero-order valence-electron chi connectivity index (χ0n) is 9.24. The highest BCUT2D eigenvalue weighted by molar-refractivity contribution is 9.10. The Kier molecular flexibility index (Phi) is 3.58. The Bertz CT molecular complexity index is 537. The summed E-state index contributed by atoms with van der Waals surface area (Å²) in [5.74, 6) is 0.601. The third kappa shape index (κ3) is 3.17. The summed E-state index contributed by atoms with van der Waals surface area (Å²) >= 11 is 3.32. The molecule has 0 fully saturated rings. The van der Waals surface area contributed by atoms with Crippen LogP contribution in [0, 0.1) is 6.92 Å². The lowest BCUT2D eigenvalue weighted by molar-refractivity contribution is 0.0950. The lowest BCUT2D eigenvalue weighted by Crippen LogP contribution is -2.22. The topological polar surface area (TPSA) is 55.1 Å². The molecule has 0 aliphatic heterocycles. The number of hydrogen-bond acceptors (Lipinski definition) is 3. The molecule has 17 heavy (non-hydrogen) atoms. The van der Waals surface area contributed by atoms with Crippen LogP contribution in [0.1, 0.15) is 21.8 Å². The number of nitrogens with zero attached hydrogens (tertiary/aromatic N) is 1. The van der Waals surface area contributed by atoms with Gasteiger partial charge in [0.05, 0.1) is 6.54 Å². The van der Waals surface area contributed by atoms with Crippen LogP contribution < -0.4 is 5.32 Å². The molecule has 0 saturated heterocycles. The van der Waals surface area contributed by atoms with Crippen molar-refractivity contribution in [2.75, 3.05) is 0 Å². The standard InChI is InChI=1S/C12H11BrN2O2/c1-8-5-11(15-17-8)7-14-12(16)9-3-2-4-10(13)6-9/h2-6H,7H2,1H3,(H,14,16). The fraction of sp³-hybridized carbons (Fsp3) is 0.167. The van der Waals surface area contributed by atoms with Crippen LogP contribution in [0.4, 0.5) is 0 Å². The van der Waals surface area contributed by atoms with E-state index in [9.17, 15) is 4.79 Å². The Hall–Kier alpha value is -1.62. The molecule has 1 aromatic heterocycles. The minimum absolute atomic E-state index is 0.132. The molecule has 0 saturated carbocycles. The molecule has 0 radical (unpaired) electrons. The quantitative estimate of drug-likeness (QED) is 0.947. The molecular weight excluding hydrogens is 284 g/mol. The van der Waals surface area contributed by atoms with E-state index in [0.717, 1.165) is 10.2 Å². The van der Waals surface area contributed by atoms with Crippen LogP contribution >= 0.6 is 15.9 Å². The van der Waals surface area contributed by atoms with Crippen LogP contribution in [0.5, 0.6) is 0 Å². The third-order valence-corrected chi connectivity index (χ3v) is 2.69. The summed E-state index contributed by atoms with van der Waals surface area (Å²) in [6.07, 6.45) is 0. The predicted molar refractivity (Wildman–Crippen MR) is 66.6 cm³/mol. The van der Waals surface area contributed by atoms with Gasteiger partial charge in [0, 0.05) is 16.1 Å². The van der Waals surface area contributed by atoms with Crippen molar-refractivity contribution in [1.29, 1.82) is 0 Å². The normalized spacial score (nSPS) is 10.2. The molecule has 1 heterocycles.